The van der Waals surface area contributed by atoms with Crippen LogP contribution in [0.4, 0.5) is 0 Å². The van der Waals surface area contributed by atoms with E-state index in [1.807, 2.05) is 0 Å². The van der Waals surface area contributed by atoms with Crippen LogP contribution in [0.3, 0.4) is 0 Å². The highest BCUT2D eigenvalue weighted by Crippen LogP contribution is 2.18. The Bertz CT molecular complexity index is 835. The average molecular weight is 328 g/mol. The number of hydrogen-bond donors (Lipinski definition) is 3. The Kier molecular flexibility index (Phi) is 4.50. The fourth-order valence-electron chi connectivity index (χ4n) is 2.92. The lowest BCUT2D eigenvalue weighted by molar-refractivity contribution is 0.0922. The fourth-order valence-corrected chi connectivity index (χ4v) is 2.92. The molecule has 2 aromatic rings. The number of amides is 2. The van der Waals surface area contributed by atoms with Crippen LogP contribution in [0.15, 0.2) is 29.2 Å². The molecule has 1 aliphatic rings. The number of carbonyl (C=O) groups excluding carboxylic acids is 2. The van der Waals surface area contributed by atoms with Crippen molar-refractivity contribution in [3.05, 3.63) is 57.3 Å². The molecule has 0 aliphatic heterocycles. The standard InChI is InChI=1S/C17H20N4O3/c1-21-9-3-6-14(21)17(24)19-8-7-18-15(22)12-10-11-4-2-5-13(11)20-16(12)23/h3,6,9-10H,2,4-5,7-8H2,1H3,(H,18,22)(H,19,24)(H,20,23). The molecule has 0 atom stereocenters. The highest BCUT2D eigenvalue weighted by atomic mass is 16.2. The summed E-state index contributed by atoms with van der Waals surface area (Å²) >= 11 is 0. The van der Waals surface area contributed by atoms with E-state index in [1.54, 1.807) is 36.0 Å². The topological polar surface area (TPSA) is 96.0 Å². The molecule has 0 spiro atoms. The molecular formula is C17H20N4O3. The molecule has 126 valence electrons. The van der Waals surface area contributed by atoms with Crippen molar-refractivity contribution in [3.63, 3.8) is 0 Å². The van der Waals surface area contributed by atoms with E-state index in [0.717, 1.165) is 30.5 Å². The van der Waals surface area contributed by atoms with Crippen LogP contribution in [-0.4, -0.2) is 34.5 Å². The number of carbonyl (C=O) groups is 2. The Morgan fingerprint density at radius 1 is 1.21 bits per heavy atom. The zero-order valence-electron chi connectivity index (χ0n) is 13.5. The van der Waals surface area contributed by atoms with Gasteiger partial charge in [0.05, 0.1) is 0 Å². The number of rotatable bonds is 5. The van der Waals surface area contributed by atoms with Crippen molar-refractivity contribution in [2.24, 2.45) is 7.05 Å². The maximum atomic E-state index is 12.1. The number of fused-ring (bicyclic) bond motifs is 1. The van der Waals surface area contributed by atoms with Crippen LogP contribution in [0.25, 0.3) is 0 Å². The lowest BCUT2D eigenvalue weighted by Gasteiger charge is -2.08. The lowest BCUT2D eigenvalue weighted by Crippen LogP contribution is -2.37. The first-order valence-electron chi connectivity index (χ1n) is 7.99. The van der Waals surface area contributed by atoms with Gasteiger partial charge in [-0.3, -0.25) is 14.4 Å². The molecule has 0 saturated carbocycles. The quantitative estimate of drug-likeness (QED) is 0.692. The second-order valence-electron chi connectivity index (χ2n) is 5.89. The van der Waals surface area contributed by atoms with Gasteiger partial charge in [0.25, 0.3) is 17.4 Å². The van der Waals surface area contributed by atoms with E-state index in [2.05, 4.69) is 15.6 Å². The summed E-state index contributed by atoms with van der Waals surface area (Å²) in [4.78, 5) is 38.8. The van der Waals surface area contributed by atoms with Crippen molar-refractivity contribution in [1.82, 2.24) is 20.2 Å². The number of nitrogens with one attached hydrogen (secondary N) is 3. The second kappa shape index (κ2) is 6.74. The zero-order valence-corrected chi connectivity index (χ0v) is 13.5. The molecule has 0 radical (unpaired) electrons. The number of H-pyrrole nitrogens is 1. The minimum atomic E-state index is -0.418. The first-order chi connectivity index (χ1) is 11.6. The van der Waals surface area contributed by atoms with Crippen LogP contribution in [0.1, 0.15) is 38.5 Å². The van der Waals surface area contributed by atoms with Crippen molar-refractivity contribution in [2.45, 2.75) is 19.3 Å². The maximum Gasteiger partial charge on any atom is 0.267 e. The minimum Gasteiger partial charge on any atom is -0.350 e. The number of nitrogens with zero attached hydrogens (tertiary/aromatic N) is 1. The number of aromatic amines is 1. The third-order valence-corrected chi connectivity index (χ3v) is 4.21. The molecule has 7 heteroatoms. The van der Waals surface area contributed by atoms with Gasteiger partial charge in [0.15, 0.2) is 0 Å². The van der Waals surface area contributed by atoms with Crippen molar-refractivity contribution in [3.8, 4) is 0 Å². The SMILES string of the molecule is Cn1cccc1C(=O)NCCNC(=O)c1cc2c([nH]c1=O)CCC2. The molecule has 3 rings (SSSR count). The van der Waals surface area contributed by atoms with Crippen molar-refractivity contribution in [2.75, 3.05) is 13.1 Å². The molecule has 24 heavy (non-hydrogen) atoms. The first-order valence-corrected chi connectivity index (χ1v) is 7.99. The molecule has 2 amide bonds. The molecule has 0 unspecified atom stereocenters. The lowest BCUT2D eigenvalue weighted by atomic mass is 10.1. The first kappa shape index (κ1) is 16.0. The summed E-state index contributed by atoms with van der Waals surface area (Å²) < 4.78 is 1.72. The van der Waals surface area contributed by atoms with Gasteiger partial charge < -0.3 is 20.2 Å². The molecule has 0 aromatic carbocycles. The summed E-state index contributed by atoms with van der Waals surface area (Å²) in [6, 6.07) is 5.19. The predicted octanol–water partition coefficient (Wildman–Crippen LogP) is 0.362. The van der Waals surface area contributed by atoms with Gasteiger partial charge in [-0.25, -0.2) is 0 Å². The van der Waals surface area contributed by atoms with Gasteiger partial charge in [-0.1, -0.05) is 0 Å². The van der Waals surface area contributed by atoms with Crippen LogP contribution in [0.2, 0.25) is 0 Å². The highest BCUT2D eigenvalue weighted by Gasteiger charge is 2.17. The molecule has 0 fully saturated rings. The van der Waals surface area contributed by atoms with Crippen molar-refractivity contribution >= 4 is 11.8 Å². The van der Waals surface area contributed by atoms with Gasteiger partial charge >= 0.3 is 0 Å². The van der Waals surface area contributed by atoms with Gasteiger partial charge in [0.1, 0.15) is 11.3 Å². The highest BCUT2D eigenvalue weighted by molar-refractivity contribution is 5.94. The monoisotopic (exact) mass is 328 g/mol. The van der Waals surface area contributed by atoms with Crippen molar-refractivity contribution in [1.29, 1.82) is 0 Å². The number of hydrogen-bond acceptors (Lipinski definition) is 3. The van der Waals surface area contributed by atoms with E-state index in [4.69, 9.17) is 0 Å². The third-order valence-electron chi connectivity index (χ3n) is 4.21. The van der Waals surface area contributed by atoms with E-state index in [9.17, 15) is 14.4 Å². The van der Waals surface area contributed by atoms with Crippen LogP contribution < -0.4 is 16.2 Å². The minimum absolute atomic E-state index is 0.129. The summed E-state index contributed by atoms with van der Waals surface area (Å²) in [7, 11) is 1.79. The Morgan fingerprint density at radius 3 is 2.67 bits per heavy atom. The average Bonchev–Trinajstić information content (AvgIpc) is 3.18. The molecule has 7 nitrogen and oxygen atoms in total. The Morgan fingerprint density at radius 2 is 1.96 bits per heavy atom. The van der Waals surface area contributed by atoms with E-state index in [0.29, 0.717) is 12.2 Å². The maximum absolute atomic E-state index is 12.1. The van der Waals surface area contributed by atoms with E-state index in [-0.39, 0.29) is 23.6 Å². The van der Waals surface area contributed by atoms with Gasteiger partial charge in [-0.2, -0.15) is 0 Å². The predicted molar refractivity (Wildman–Crippen MR) is 89.2 cm³/mol. The number of aromatic nitrogens is 2. The molecule has 2 heterocycles. The van der Waals surface area contributed by atoms with E-state index < -0.39 is 5.91 Å². The fraction of sp³-hybridized carbons (Fsp3) is 0.353. The Labute approximate surface area is 139 Å². The summed E-state index contributed by atoms with van der Waals surface area (Å²) in [5, 5.41) is 5.39. The summed E-state index contributed by atoms with van der Waals surface area (Å²) in [5.41, 5.74) is 2.30. The van der Waals surface area contributed by atoms with Crippen LogP contribution >= 0.6 is 0 Å². The zero-order chi connectivity index (χ0) is 17.1. The molecular weight excluding hydrogens is 308 g/mol. The Hall–Kier alpha value is -2.83. The van der Waals surface area contributed by atoms with Crippen LogP contribution in [-0.2, 0) is 19.9 Å². The van der Waals surface area contributed by atoms with E-state index in [1.165, 1.54) is 0 Å². The summed E-state index contributed by atoms with van der Waals surface area (Å²) in [6.07, 6.45) is 4.54. The van der Waals surface area contributed by atoms with Gasteiger partial charge in [-0.15, -0.1) is 0 Å². The largest absolute Gasteiger partial charge is 0.350 e. The van der Waals surface area contributed by atoms with Crippen LogP contribution in [0, 0.1) is 0 Å². The van der Waals surface area contributed by atoms with Gasteiger partial charge in [-0.05, 0) is 43.0 Å². The summed E-state index contributed by atoms with van der Waals surface area (Å²) in [5.74, 6) is -0.619. The number of aryl methyl sites for hydroxylation is 3. The molecule has 1 aliphatic carbocycles. The third kappa shape index (κ3) is 3.24. The van der Waals surface area contributed by atoms with Gasteiger partial charge in [0.2, 0.25) is 0 Å². The van der Waals surface area contributed by atoms with Gasteiger partial charge in [0, 0.05) is 32.0 Å². The van der Waals surface area contributed by atoms with Crippen LogP contribution in [0.5, 0.6) is 0 Å². The Balaban J connectivity index is 1.52. The molecule has 0 saturated heterocycles. The van der Waals surface area contributed by atoms with Crippen molar-refractivity contribution < 1.29 is 9.59 Å². The smallest absolute Gasteiger partial charge is 0.267 e. The summed E-state index contributed by atoms with van der Waals surface area (Å²) in [6.45, 7) is 0.546. The second-order valence-corrected chi connectivity index (χ2v) is 5.89. The van der Waals surface area contributed by atoms with E-state index >= 15 is 0 Å². The molecule has 2 aromatic heterocycles. The molecule has 0 bridgehead atoms. The normalized spacial score (nSPS) is 12.7. The number of pyridine rings is 1. The molecule has 3 N–H and O–H groups in total.